The van der Waals surface area contributed by atoms with Crippen molar-refractivity contribution in [2.45, 2.75) is 12.5 Å². The third kappa shape index (κ3) is 1.91. The zero-order valence-corrected chi connectivity index (χ0v) is 6.79. The lowest BCUT2D eigenvalue weighted by Crippen LogP contribution is -2.51. The van der Waals surface area contributed by atoms with Crippen molar-refractivity contribution < 1.29 is 4.79 Å². The Balaban J connectivity index is 2.50. The van der Waals surface area contributed by atoms with Crippen molar-refractivity contribution in [3.8, 4) is 0 Å². The van der Waals surface area contributed by atoms with E-state index in [4.69, 9.17) is 11.5 Å². The fourth-order valence-electron chi connectivity index (χ4n) is 1.51. The molecule has 0 radical (unpaired) electrons. The van der Waals surface area contributed by atoms with Crippen molar-refractivity contribution in [1.82, 2.24) is 4.90 Å². The summed E-state index contributed by atoms with van der Waals surface area (Å²) in [6, 6.07) is -0.0775. The number of hydrogen-bond acceptors (Lipinski definition) is 3. The molecule has 4 heteroatoms. The molecule has 0 saturated carbocycles. The lowest BCUT2D eigenvalue weighted by atomic mass is 9.92. The van der Waals surface area contributed by atoms with E-state index in [1.807, 2.05) is 7.05 Å². The molecule has 1 aliphatic heterocycles. The number of hydrogen-bond donors (Lipinski definition) is 2. The minimum absolute atomic E-state index is 0.0775. The zero-order chi connectivity index (χ0) is 8.43. The van der Waals surface area contributed by atoms with Crippen LogP contribution in [0, 0.1) is 5.92 Å². The van der Waals surface area contributed by atoms with E-state index in [1.165, 1.54) is 0 Å². The molecule has 11 heavy (non-hydrogen) atoms. The molecule has 1 heterocycles. The molecule has 1 saturated heterocycles. The van der Waals surface area contributed by atoms with E-state index in [9.17, 15) is 4.79 Å². The molecular weight excluding hydrogens is 142 g/mol. The predicted molar refractivity (Wildman–Crippen MR) is 42.8 cm³/mol. The highest BCUT2D eigenvalue weighted by Gasteiger charge is 2.28. The molecule has 1 rings (SSSR count). The van der Waals surface area contributed by atoms with Crippen molar-refractivity contribution in [3.05, 3.63) is 0 Å². The van der Waals surface area contributed by atoms with Crippen LogP contribution < -0.4 is 11.5 Å². The van der Waals surface area contributed by atoms with Crippen LogP contribution in [0.25, 0.3) is 0 Å². The Morgan fingerprint density at radius 1 is 1.64 bits per heavy atom. The number of carbonyl (C=O) groups excluding carboxylic acids is 1. The summed E-state index contributed by atoms with van der Waals surface area (Å²) >= 11 is 0. The Kier molecular flexibility index (Phi) is 2.46. The van der Waals surface area contributed by atoms with Crippen LogP contribution in [0.1, 0.15) is 6.42 Å². The number of nitrogens with zero attached hydrogens (tertiary/aromatic N) is 1. The fraction of sp³-hybridized carbons (Fsp3) is 0.857. The second-order valence-electron chi connectivity index (χ2n) is 3.22. The van der Waals surface area contributed by atoms with E-state index in [0.717, 1.165) is 19.5 Å². The molecule has 2 atom stereocenters. The number of primary amides is 1. The zero-order valence-electron chi connectivity index (χ0n) is 6.79. The van der Waals surface area contributed by atoms with Gasteiger partial charge in [-0.1, -0.05) is 0 Å². The average molecular weight is 157 g/mol. The molecule has 0 aromatic carbocycles. The molecule has 0 spiro atoms. The topological polar surface area (TPSA) is 72.3 Å². The molecule has 1 aliphatic rings. The lowest BCUT2D eigenvalue weighted by Gasteiger charge is -2.32. The lowest BCUT2D eigenvalue weighted by molar-refractivity contribution is -0.123. The number of nitrogens with two attached hydrogens (primary N) is 2. The number of rotatable bonds is 1. The Hall–Kier alpha value is -0.610. The SMILES string of the molecule is CN1CCC(C(N)=O)C(N)C1. The van der Waals surface area contributed by atoms with E-state index < -0.39 is 0 Å². The van der Waals surface area contributed by atoms with Gasteiger partial charge in [-0.2, -0.15) is 0 Å². The average Bonchev–Trinajstić information content (AvgIpc) is 1.85. The second-order valence-corrected chi connectivity index (χ2v) is 3.22. The highest BCUT2D eigenvalue weighted by atomic mass is 16.1. The summed E-state index contributed by atoms with van der Waals surface area (Å²) in [5.74, 6) is -0.378. The van der Waals surface area contributed by atoms with Gasteiger partial charge in [0.1, 0.15) is 0 Å². The van der Waals surface area contributed by atoms with Crippen molar-refractivity contribution in [3.63, 3.8) is 0 Å². The van der Waals surface area contributed by atoms with E-state index in [1.54, 1.807) is 0 Å². The molecule has 0 aromatic heterocycles. The Morgan fingerprint density at radius 3 is 2.73 bits per heavy atom. The smallest absolute Gasteiger partial charge is 0.222 e. The summed E-state index contributed by atoms with van der Waals surface area (Å²) in [6.45, 7) is 1.69. The first-order valence-corrected chi connectivity index (χ1v) is 3.84. The minimum atomic E-state index is -0.259. The van der Waals surface area contributed by atoms with E-state index in [2.05, 4.69) is 4.90 Å². The highest BCUT2D eigenvalue weighted by Crippen LogP contribution is 2.13. The molecule has 64 valence electrons. The molecule has 4 N–H and O–H groups in total. The maximum absolute atomic E-state index is 10.8. The van der Waals surface area contributed by atoms with Gasteiger partial charge in [0, 0.05) is 12.6 Å². The molecule has 1 fully saturated rings. The van der Waals surface area contributed by atoms with Crippen molar-refractivity contribution >= 4 is 5.91 Å². The van der Waals surface area contributed by atoms with Gasteiger partial charge in [0.25, 0.3) is 0 Å². The van der Waals surface area contributed by atoms with Crippen molar-refractivity contribution in [2.75, 3.05) is 20.1 Å². The fourth-order valence-corrected chi connectivity index (χ4v) is 1.51. The standard InChI is InChI=1S/C7H15N3O/c1-10-3-2-5(7(9)11)6(8)4-10/h5-6H,2-4,8H2,1H3,(H2,9,11). The van der Waals surface area contributed by atoms with Gasteiger partial charge in [-0.05, 0) is 20.0 Å². The van der Waals surface area contributed by atoms with Gasteiger partial charge in [-0.15, -0.1) is 0 Å². The van der Waals surface area contributed by atoms with E-state index >= 15 is 0 Å². The molecule has 0 aliphatic carbocycles. The van der Waals surface area contributed by atoms with Gasteiger partial charge in [0.2, 0.25) is 5.91 Å². The van der Waals surface area contributed by atoms with Crippen LogP contribution in [0.3, 0.4) is 0 Å². The van der Waals surface area contributed by atoms with Crippen LogP contribution >= 0.6 is 0 Å². The molecule has 0 aromatic rings. The second kappa shape index (κ2) is 3.19. The number of carbonyl (C=O) groups is 1. The summed E-state index contributed by atoms with van der Waals surface area (Å²) in [7, 11) is 2.00. The number of likely N-dealkylation sites (N-methyl/N-ethyl adjacent to an activating group) is 1. The summed E-state index contributed by atoms with van der Waals surface area (Å²) in [6.07, 6.45) is 0.799. The maximum atomic E-state index is 10.8. The van der Waals surface area contributed by atoms with Crippen LogP contribution in [-0.4, -0.2) is 37.0 Å². The third-order valence-electron chi connectivity index (χ3n) is 2.23. The Morgan fingerprint density at radius 2 is 2.27 bits per heavy atom. The van der Waals surface area contributed by atoms with E-state index in [-0.39, 0.29) is 17.9 Å². The summed E-state index contributed by atoms with van der Waals surface area (Å²) < 4.78 is 0. The Bertz CT molecular complexity index is 160. The van der Waals surface area contributed by atoms with Gasteiger partial charge in [0.15, 0.2) is 0 Å². The third-order valence-corrected chi connectivity index (χ3v) is 2.23. The quantitative estimate of drug-likeness (QED) is 0.499. The first kappa shape index (κ1) is 8.49. The van der Waals surface area contributed by atoms with Crippen LogP contribution in [0.15, 0.2) is 0 Å². The summed E-state index contributed by atoms with van der Waals surface area (Å²) in [5, 5.41) is 0. The number of likely N-dealkylation sites (tertiary alicyclic amines) is 1. The van der Waals surface area contributed by atoms with Crippen LogP contribution in [0.5, 0.6) is 0 Å². The molecule has 4 nitrogen and oxygen atoms in total. The van der Waals surface area contributed by atoms with Crippen LogP contribution in [0.2, 0.25) is 0 Å². The van der Waals surface area contributed by atoms with Gasteiger partial charge in [0.05, 0.1) is 5.92 Å². The normalized spacial score (nSPS) is 33.6. The highest BCUT2D eigenvalue weighted by molar-refractivity contribution is 5.77. The first-order valence-electron chi connectivity index (χ1n) is 3.84. The number of piperidine rings is 1. The van der Waals surface area contributed by atoms with Crippen LogP contribution in [-0.2, 0) is 4.79 Å². The summed E-state index contributed by atoms with van der Waals surface area (Å²) in [4.78, 5) is 12.9. The van der Waals surface area contributed by atoms with Gasteiger partial charge in [-0.25, -0.2) is 0 Å². The van der Waals surface area contributed by atoms with Crippen molar-refractivity contribution in [1.29, 1.82) is 0 Å². The monoisotopic (exact) mass is 157 g/mol. The predicted octanol–water partition coefficient (Wildman–Crippen LogP) is -1.25. The van der Waals surface area contributed by atoms with Crippen molar-refractivity contribution in [2.24, 2.45) is 17.4 Å². The van der Waals surface area contributed by atoms with E-state index in [0.29, 0.717) is 0 Å². The molecule has 2 unspecified atom stereocenters. The van der Waals surface area contributed by atoms with Crippen LogP contribution in [0.4, 0.5) is 0 Å². The Labute approximate surface area is 66.5 Å². The molecular formula is C7H15N3O. The molecule has 0 bridgehead atoms. The first-order chi connectivity index (χ1) is 5.11. The minimum Gasteiger partial charge on any atom is -0.369 e. The van der Waals surface area contributed by atoms with Gasteiger partial charge < -0.3 is 16.4 Å². The largest absolute Gasteiger partial charge is 0.369 e. The van der Waals surface area contributed by atoms with Gasteiger partial charge >= 0.3 is 0 Å². The summed E-state index contributed by atoms with van der Waals surface area (Å²) in [5.41, 5.74) is 10.9. The maximum Gasteiger partial charge on any atom is 0.222 e. The number of amides is 1. The molecule has 1 amide bonds. The van der Waals surface area contributed by atoms with Gasteiger partial charge in [-0.3, -0.25) is 4.79 Å².